The number of carbonyl (C=O) groups excluding carboxylic acids is 3. The monoisotopic (exact) mass is 372 g/mol. The zero-order valence-electron chi connectivity index (χ0n) is 14.1. The standard InChI is InChI=1S/C19H17ClN2O4/c1-12-9-17(23)21-15-7-2-3-8-16(15)22(12)18(24)11-26-19(25)13-5-4-6-14(20)10-13/h2-8,10,12H,9,11H2,1H3,(H,21,23). The van der Waals surface area contributed by atoms with E-state index in [1.165, 1.54) is 11.0 Å². The quantitative estimate of drug-likeness (QED) is 0.839. The van der Waals surface area contributed by atoms with Crippen molar-refractivity contribution in [2.24, 2.45) is 0 Å². The number of benzene rings is 2. The number of nitrogens with zero attached hydrogens (tertiary/aromatic N) is 1. The van der Waals surface area contributed by atoms with Crippen LogP contribution in [0.2, 0.25) is 5.02 Å². The van der Waals surface area contributed by atoms with E-state index in [1.54, 1.807) is 49.4 Å². The van der Waals surface area contributed by atoms with Gasteiger partial charge < -0.3 is 15.0 Å². The molecule has 1 aliphatic heterocycles. The molecule has 2 amide bonds. The van der Waals surface area contributed by atoms with E-state index in [1.807, 2.05) is 0 Å². The molecule has 1 aliphatic rings. The third-order valence-electron chi connectivity index (χ3n) is 4.02. The number of hydrogen-bond donors (Lipinski definition) is 1. The maximum atomic E-state index is 12.7. The Morgan fingerprint density at radius 3 is 2.77 bits per heavy atom. The first kappa shape index (κ1) is 17.9. The van der Waals surface area contributed by atoms with Gasteiger partial charge in [-0.25, -0.2) is 4.79 Å². The van der Waals surface area contributed by atoms with E-state index in [2.05, 4.69) is 5.32 Å². The molecule has 0 saturated heterocycles. The van der Waals surface area contributed by atoms with Crippen LogP contribution in [0, 0.1) is 0 Å². The molecular weight excluding hydrogens is 356 g/mol. The van der Waals surface area contributed by atoms with Gasteiger partial charge in [0.05, 0.1) is 16.9 Å². The lowest BCUT2D eigenvalue weighted by atomic mass is 10.1. The van der Waals surface area contributed by atoms with Gasteiger partial charge >= 0.3 is 5.97 Å². The van der Waals surface area contributed by atoms with E-state index >= 15 is 0 Å². The lowest BCUT2D eigenvalue weighted by Crippen LogP contribution is -2.41. The van der Waals surface area contributed by atoms with Gasteiger partial charge in [0, 0.05) is 17.5 Å². The van der Waals surface area contributed by atoms with Crippen molar-refractivity contribution >= 4 is 40.8 Å². The van der Waals surface area contributed by atoms with Crippen LogP contribution in [0.1, 0.15) is 23.7 Å². The summed E-state index contributed by atoms with van der Waals surface area (Å²) in [6, 6.07) is 13.0. The second kappa shape index (κ2) is 7.58. The third-order valence-corrected chi connectivity index (χ3v) is 4.25. The molecule has 0 fully saturated rings. The number of carbonyl (C=O) groups is 3. The van der Waals surface area contributed by atoms with E-state index in [4.69, 9.17) is 16.3 Å². The molecule has 1 unspecified atom stereocenters. The Morgan fingerprint density at radius 1 is 1.23 bits per heavy atom. The molecule has 0 aromatic heterocycles. The van der Waals surface area contributed by atoms with Crippen LogP contribution in [0.4, 0.5) is 11.4 Å². The van der Waals surface area contributed by atoms with E-state index < -0.39 is 18.5 Å². The van der Waals surface area contributed by atoms with Gasteiger partial charge in [0.25, 0.3) is 5.91 Å². The SMILES string of the molecule is CC1CC(=O)Nc2ccccc2N1C(=O)COC(=O)c1cccc(Cl)c1. The molecule has 2 aromatic rings. The summed E-state index contributed by atoms with van der Waals surface area (Å²) >= 11 is 5.86. The number of nitrogens with one attached hydrogen (secondary N) is 1. The number of esters is 1. The van der Waals surface area contributed by atoms with Crippen molar-refractivity contribution in [1.29, 1.82) is 0 Å². The van der Waals surface area contributed by atoms with Gasteiger partial charge in [-0.3, -0.25) is 9.59 Å². The summed E-state index contributed by atoms with van der Waals surface area (Å²) in [5.74, 6) is -1.21. The molecule has 0 radical (unpaired) electrons. The molecule has 1 N–H and O–H groups in total. The third kappa shape index (κ3) is 3.86. The van der Waals surface area contributed by atoms with Crippen LogP contribution in [0.25, 0.3) is 0 Å². The highest BCUT2D eigenvalue weighted by atomic mass is 35.5. The van der Waals surface area contributed by atoms with Crippen LogP contribution in [0.5, 0.6) is 0 Å². The lowest BCUT2D eigenvalue weighted by Gasteiger charge is -2.27. The Labute approximate surface area is 155 Å². The molecule has 0 aliphatic carbocycles. The van der Waals surface area contributed by atoms with E-state index in [0.29, 0.717) is 16.4 Å². The Bertz CT molecular complexity index is 868. The van der Waals surface area contributed by atoms with Crippen LogP contribution in [0.15, 0.2) is 48.5 Å². The average molecular weight is 373 g/mol. The predicted molar refractivity (Wildman–Crippen MR) is 98.4 cm³/mol. The summed E-state index contributed by atoms with van der Waals surface area (Å²) < 4.78 is 5.13. The zero-order valence-corrected chi connectivity index (χ0v) is 14.8. The predicted octanol–water partition coefficient (Wildman–Crippen LogP) is 3.26. The number of para-hydroxylation sites is 2. The van der Waals surface area contributed by atoms with Gasteiger partial charge in [0.2, 0.25) is 5.91 Å². The van der Waals surface area contributed by atoms with Crippen molar-refractivity contribution < 1.29 is 19.1 Å². The number of fused-ring (bicyclic) bond motifs is 1. The Balaban J connectivity index is 1.76. The molecule has 26 heavy (non-hydrogen) atoms. The number of hydrogen-bond acceptors (Lipinski definition) is 4. The second-order valence-electron chi connectivity index (χ2n) is 5.97. The fourth-order valence-corrected chi connectivity index (χ4v) is 3.05. The number of amides is 2. The maximum Gasteiger partial charge on any atom is 0.338 e. The van der Waals surface area contributed by atoms with Gasteiger partial charge in [-0.05, 0) is 37.3 Å². The molecular formula is C19H17ClN2O4. The van der Waals surface area contributed by atoms with E-state index in [9.17, 15) is 14.4 Å². The Hall–Kier alpha value is -2.86. The minimum atomic E-state index is -0.634. The maximum absolute atomic E-state index is 12.7. The molecule has 0 bridgehead atoms. The Morgan fingerprint density at radius 2 is 2.00 bits per heavy atom. The average Bonchev–Trinajstić information content (AvgIpc) is 2.73. The summed E-state index contributed by atoms with van der Waals surface area (Å²) in [7, 11) is 0. The minimum absolute atomic E-state index is 0.155. The molecule has 7 heteroatoms. The molecule has 2 aromatic carbocycles. The summed E-state index contributed by atoms with van der Waals surface area (Å²) in [5, 5.41) is 3.19. The summed E-state index contributed by atoms with van der Waals surface area (Å²) in [5.41, 5.74) is 1.40. The zero-order chi connectivity index (χ0) is 18.7. The summed E-state index contributed by atoms with van der Waals surface area (Å²) in [4.78, 5) is 38.3. The second-order valence-corrected chi connectivity index (χ2v) is 6.41. The van der Waals surface area contributed by atoms with Gasteiger partial charge in [-0.15, -0.1) is 0 Å². The van der Waals surface area contributed by atoms with Crippen molar-refractivity contribution in [2.45, 2.75) is 19.4 Å². The van der Waals surface area contributed by atoms with E-state index in [0.717, 1.165) is 0 Å². The number of anilines is 2. The van der Waals surface area contributed by atoms with Crippen LogP contribution >= 0.6 is 11.6 Å². The van der Waals surface area contributed by atoms with Crippen molar-refractivity contribution in [1.82, 2.24) is 0 Å². The molecule has 134 valence electrons. The molecule has 0 spiro atoms. The number of ether oxygens (including phenoxy) is 1. The first-order chi connectivity index (χ1) is 12.5. The minimum Gasteiger partial charge on any atom is -0.452 e. The smallest absolute Gasteiger partial charge is 0.338 e. The molecule has 0 saturated carbocycles. The van der Waals surface area contributed by atoms with Gasteiger partial charge in [0.1, 0.15) is 0 Å². The van der Waals surface area contributed by atoms with Crippen LogP contribution < -0.4 is 10.2 Å². The topological polar surface area (TPSA) is 75.7 Å². The van der Waals surface area contributed by atoms with E-state index in [-0.39, 0.29) is 23.9 Å². The van der Waals surface area contributed by atoms with Crippen molar-refractivity contribution in [2.75, 3.05) is 16.8 Å². The van der Waals surface area contributed by atoms with Crippen molar-refractivity contribution in [3.63, 3.8) is 0 Å². The highest BCUT2D eigenvalue weighted by Crippen LogP contribution is 2.31. The van der Waals surface area contributed by atoms with Gasteiger partial charge in [-0.1, -0.05) is 29.8 Å². The van der Waals surface area contributed by atoms with Crippen molar-refractivity contribution in [3.8, 4) is 0 Å². The first-order valence-corrected chi connectivity index (χ1v) is 8.47. The van der Waals surface area contributed by atoms with Gasteiger partial charge in [0.15, 0.2) is 6.61 Å². The summed E-state index contributed by atoms with van der Waals surface area (Å²) in [6.07, 6.45) is 0.155. The normalized spacial score (nSPS) is 16.3. The van der Waals surface area contributed by atoms with Crippen LogP contribution in [0.3, 0.4) is 0 Å². The molecule has 3 rings (SSSR count). The lowest BCUT2D eigenvalue weighted by molar-refractivity contribution is -0.122. The van der Waals surface area contributed by atoms with Crippen LogP contribution in [-0.4, -0.2) is 30.4 Å². The number of rotatable bonds is 3. The fraction of sp³-hybridized carbons (Fsp3) is 0.211. The number of halogens is 1. The fourth-order valence-electron chi connectivity index (χ4n) is 2.86. The van der Waals surface area contributed by atoms with Gasteiger partial charge in [-0.2, -0.15) is 0 Å². The van der Waals surface area contributed by atoms with Crippen molar-refractivity contribution in [3.05, 3.63) is 59.1 Å². The Kier molecular flexibility index (Phi) is 5.23. The largest absolute Gasteiger partial charge is 0.452 e. The highest BCUT2D eigenvalue weighted by Gasteiger charge is 2.30. The first-order valence-electron chi connectivity index (χ1n) is 8.09. The molecule has 6 nitrogen and oxygen atoms in total. The van der Waals surface area contributed by atoms with Crippen LogP contribution in [-0.2, 0) is 14.3 Å². The molecule has 1 atom stereocenters. The molecule has 1 heterocycles. The summed E-state index contributed by atoms with van der Waals surface area (Å²) in [6.45, 7) is 1.34. The highest BCUT2D eigenvalue weighted by molar-refractivity contribution is 6.30.